The molecule has 1 unspecified atom stereocenters. The van der Waals surface area contributed by atoms with E-state index in [1.165, 1.54) is 0 Å². The molecule has 1 aromatic rings. The summed E-state index contributed by atoms with van der Waals surface area (Å²) in [7, 11) is 4.10. The van der Waals surface area contributed by atoms with Crippen LogP contribution in [-0.2, 0) is 6.42 Å². The van der Waals surface area contributed by atoms with E-state index in [2.05, 4.69) is 40.8 Å². The Morgan fingerprint density at radius 3 is 2.86 bits per heavy atom. The summed E-state index contributed by atoms with van der Waals surface area (Å²) in [6, 6.07) is 0. The van der Waals surface area contributed by atoms with Crippen LogP contribution < -0.4 is 10.6 Å². The molecule has 0 saturated carbocycles. The van der Waals surface area contributed by atoms with Gasteiger partial charge in [-0.15, -0.1) is 0 Å². The zero-order valence-corrected chi connectivity index (χ0v) is 13.3. The average Bonchev–Trinajstić information content (AvgIpc) is 2.46. The van der Waals surface area contributed by atoms with Crippen LogP contribution in [0, 0.1) is 5.41 Å². The summed E-state index contributed by atoms with van der Waals surface area (Å²) in [5.74, 6) is 1.25. The molecule has 1 atom stereocenters. The van der Waals surface area contributed by atoms with Crippen molar-refractivity contribution in [3.8, 4) is 0 Å². The molecule has 118 valence electrons. The molecule has 6 nitrogen and oxygen atoms in total. The van der Waals surface area contributed by atoms with Gasteiger partial charge in [-0.25, -0.2) is 4.98 Å². The Morgan fingerprint density at radius 2 is 2.24 bits per heavy atom. The molecule has 1 aromatic heterocycles. The molecular formula is C15H27N5O. The SMILES string of the molecule is CCc1cnc(N)nc1N1CCCC(CO)(CN(C)C)C1. The van der Waals surface area contributed by atoms with E-state index in [0.717, 1.165) is 50.3 Å². The first-order chi connectivity index (χ1) is 9.99. The minimum atomic E-state index is -0.0908. The zero-order chi connectivity index (χ0) is 15.5. The van der Waals surface area contributed by atoms with Crippen LogP contribution in [0.15, 0.2) is 6.20 Å². The van der Waals surface area contributed by atoms with Crippen LogP contribution in [0.3, 0.4) is 0 Å². The number of aliphatic hydroxyl groups is 1. The summed E-state index contributed by atoms with van der Waals surface area (Å²) in [4.78, 5) is 12.9. The average molecular weight is 293 g/mol. The van der Waals surface area contributed by atoms with Crippen molar-refractivity contribution in [2.24, 2.45) is 5.41 Å². The first-order valence-electron chi connectivity index (χ1n) is 7.61. The Labute approximate surface area is 127 Å². The number of aromatic nitrogens is 2. The molecule has 0 aromatic carbocycles. The summed E-state index contributed by atoms with van der Waals surface area (Å²) in [6.07, 6.45) is 4.80. The highest BCUT2D eigenvalue weighted by Crippen LogP contribution is 2.33. The number of hydrogen-bond donors (Lipinski definition) is 2. The fraction of sp³-hybridized carbons (Fsp3) is 0.733. The molecule has 0 radical (unpaired) electrons. The Morgan fingerprint density at radius 1 is 1.48 bits per heavy atom. The maximum Gasteiger partial charge on any atom is 0.221 e. The van der Waals surface area contributed by atoms with Gasteiger partial charge in [0.25, 0.3) is 0 Å². The Balaban J connectivity index is 2.26. The molecule has 1 aliphatic heterocycles. The van der Waals surface area contributed by atoms with E-state index < -0.39 is 0 Å². The summed E-state index contributed by atoms with van der Waals surface area (Å²) in [6.45, 7) is 4.94. The number of rotatable bonds is 5. The summed E-state index contributed by atoms with van der Waals surface area (Å²) in [5, 5.41) is 9.93. The lowest BCUT2D eigenvalue weighted by molar-refractivity contribution is 0.0760. The number of nitrogens with zero attached hydrogens (tertiary/aromatic N) is 4. The van der Waals surface area contributed by atoms with Gasteiger partial charge in [-0.3, -0.25) is 0 Å². The lowest BCUT2D eigenvalue weighted by Gasteiger charge is -2.44. The topological polar surface area (TPSA) is 78.5 Å². The van der Waals surface area contributed by atoms with Gasteiger partial charge >= 0.3 is 0 Å². The lowest BCUT2D eigenvalue weighted by atomic mass is 9.80. The van der Waals surface area contributed by atoms with Crippen LogP contribution in [-0.4, -0.2) is 60.3 Å². The molecule has 0 amide bonds. The van der Waals surface area contributed by atoms with Crippen molar-refractivity contribution in [1.82, 2.24) is 14.9 Å². The molecule has 6 heteroatoms. The minimum Gasteiger partial charge on any atom is -0.396 e. The molecule has 0 bridgehead atoms. The molecule has 2 rings (SSSR count). The van der Waals surface area contributed by atoms with Gasteiger partial charge in [0.1, 0.15) is 5.82 Å². The van der Waals surface area contributed by atoms with Crippen molar-refractivity contribution in [1.29, 1.82) is 0 Å². The van der Waals surface area contributed by atoms with Crippen LogP contribution in [0.2, 0.25) is 0 Å². The summed E-state index contributed by atoms with van der Waals surface area (Å²) >= 11 is 0. The van der Waals surface area contributed by atoms with Gasteiger partial charge in [0, 0.05) is 36.8 Å². The first-order valence-corrected chi connectivity index (χ1v) is 7.61. The van der Waals surface area contributed by atoms with E-state index in [9.17, 15) is 5.11 Å². The molecule has 1 aliphatic rings. The molecule has 3 N–H and O–H groups in total. The number of anilines is 2. The highest BCUT2D eigenvalue weighted by Gasteiger charge is 2.36. The van der Waals surface area contributed by atoms with Gasteiger partial charge in [0.15, 0.2) is 0 Å². The van der Waals surface area contributed by atoms with Gasteiger partial charge in [0.05, 0.1) is 6.61 Å². The normalized spacial score (nSPS) is 22.8. The second-order valence-electron chi connectivity index (χ2n) is 6.35. The maximum absolute atomic E-state index is 9.93. The molecule has 1 fully saturated rings. The van der Waals surface area contributed by atoms with Crippen molar-refractivity contribution >= 4 is 11.8 Å². The number of piperidine rings is 1. The van der Waals surface area contributed by atoms with Gasteiger partial charge in [-0.1, -0.05) is 6.92 Å². The first kappa shape index (κ1) is 16.0. The zero-order valence-electron chi connectivity index (χ0n) is 13.3. The van der Waals surface area contributed by atoms with Crippen molar-refractivity contribution in [3.05, 3.63) is 11.8 Å². The third-order valence-corrected chi connectivity index (χ3v) is 4.19. The Bertz CT molecular complexity index is 479. The summed E-state index contributed by atoms with van der Waals surface area (Å²) < 4.78 is 0. The number of aryl methyl sites for hydroxylation is 1. The van der Waals surface area contributed by atoms with Gasteiger partial charge in [0.2, 0.25) is 5.95 Å². The Kier molecular flexibility index (Phi) is 5.00. The number of aliphatic hydroxyl groups excluding tert-OH is 1. The number of nitrogens with two attached hydrogens (primary N) is 1. The second-order valence-corrected chi connectivity index (χ2v) is 6.35. The van der Waals surface area contributed by atoms with E-state index in [-0.39, 0.29) is 12.0 Å². The molecule has 0 spiro atoms. The minimum absolute atomic E-state index is 0.0908. The Hall–Kier alpha value is -1.40. The van der Waals surface area contributed by atoms with Crippen LogP contribution in [0.1, 0.15) is 25.3 Å². The van der Waals surface area contributed by atoms with Crippen LogP contribution in [0.4, 0.5) is 11.8 Å². The van der Waals surface area contributed by atoms with E-state index in [0.29, 0.717) is 5.95 Å². The highest BCUT2D eigenvalue weighted by molar-refractivity contribution is 5.49. The largest absolute Gasteiger partial charge is 0.396 e. The number of nitrogen functional groups attached to an aromatic ring is 1. The number of hydrogen-bond acceptors (Lipinski definition) is 6. The van der Waals surface area contributed by atoms with Crippen molar-refractivity contribution in [2.75, 3.05) is 51.0 Å². The standard InChI is InChI=1S/C15H27N5O/c1-4-12-8-17-14(16)18-13(12)20-7-5-6-15(10-20,11-21)9-19(2)3/h8,21H,4-7,9-11H2,1-3H3,(H2,16,17,18). The van der Waals surface area contributed by atoms with Gasteiger partial charge in [-0.2, -0.15) is 4.98 Å². The molecule has 2 heterocycles. The van der Waals surface area contributed by atoms with E-state index in [1.54, 1.807) is 0 Å². The van der Waals surface area contributed by atoms with E-state index in [4.69, 9.17) is 5.73 Å². The van der Waals surface area contributed by atoms with Crippen molar-refractivity contribution in [2.45, 2.75) is 26.2 Å². The molecule has 0 aliphatic carbocycles. The summed E-state index contributed by atoms with van der Waals surface area (Å²) in [5.41, 5.74) is 6.79. The second kappa shape index (κ2) is 6.58. The van der Waals surface area contributed by atoms with Crippen molar-refractivity contribution < 1.29 is 5.11 Å². The predicted molar refractivity (Wildman–Crippen MR) is 85.3 cm³/mol. The molecule has 1 saturated heterocycles. The van der Waals surface area contributed by atoms with Gasteiger partial charge in [-0.05, 0) is 33.4 Å². The molecular weight excluding hydrogens is 266 g/mol. The highest BCUT2D eigenvalue weighted by atomic mass is 16.3. The smallest absolute Gasteiger partial charge is 0.221 e. The molecule has 21 heavy (non-hydrogen) atoms. The van der Waals surface area contributed by atoms with E-state index >= 15 is 0 Å². The quantitative estimate of drug-likeness (QED) is 0.834. The van der Waals surface area contributed by atoms with E-state index in [1.807, 2.05) is 6.20 Å². The monoisotopic (exact) mass is 293 g/mol. The van der Waals surface area contributed by atoms with Crippen LogP contribution >= 0.6 is 0 Å². The maximum atomic E-state index is 9.93. The van der Waals surface area contributed by atoms with Gasteiger partial charge < -0.3 is 20.6 Å². The predicted octanol–water partition coefficient (Wildman–Crippen LogP) is 0.762. The fourth-order valence-electron chi connectivity index (χ4n) is 3.30. The third kappa shape index (κ3) is 3.63. The fourth-order valence-corrected chi connectivity index (χ4v) is 3.30. The van der Waals surface area contributed by atoms with Crippen LogP contribution in [0.25, 0.3) is 0 Å². The van der Waals surface area contributed by atoms with Crippen molar-refractivity contribution in [3.63, 3.8) is 0 Å². The van der Waals surface area contributed by atoms with Crippen LogP contribution in [0.5, 0.6) is 0 Å². The third-order valence-electron chi connectivity index (χ3n) is 4.19. The lowest BCUT2D eigenvalue weighted by Crippen LogP contribution is -2.50.